The van der Waals surface area contributed by atoms with Crippen LogP contribution in [0.1, 0.15) is 35.9 Å². The first kappa shape index (κ1) is 24.3. The zero-order valence-electron chi connectivity index (χ0n) is 20.1. The minimum atomic E-state index is -0.695. The number of nitrogens with one attached hydrogen (secondary N) is 1. The number of carbonyl (C=O) groups excluding carboxylic acids is 1. The van der Waals surface area contributed by atoms with E-state index in [2.05, 4.69) is 25.3 Å². The maximum absolute atomic E-state index is 15.0. The molecule has 3 N–H and O–H groups in total. The number of amides is 1. The third kappa shape index (κ3) is 4.96. The van der Waals surface area contributed by atoms with E-state index in [-0.39, 0.29) is 47.0 Å². The van der Waals surface area contributed by atoms with Crippen LogP contribution in [-0.4, -0.2) is 49.5 Å². The Morgan fingerprint density at radius 3 is 2.84 bits per heavy atom. The van der Waals surface area contributed by atoms with E-state index in [1.54, 1.807) is 12.1 Å². The molecule has 0 unspecified atom stereocenters. The number of fused-ring (bicyclic) bond motifs is 1. The van der Waals surface area contributed by atoms with Gasteiger partial charge in [0, 0.05) is 50.7 Å². The molecule has 0 aliphatic carbocycles. The van der Waals surface area contributed by atoms with Gasteiger partial charge in [-0.3, -0.25) is 9.69 Å². The molecule has 1 aliphatic rings. The fraction of sp³-hybridized carbons (Fsp3) is 0.269. The molecule has 9 nitrogen and oxygen atoms in total. The van der Waals surface area contributed by atoms with Gasteiger partial charge in [-0.2, -0.15) is 9.78 Å². The molecular weight excluding hydrogens is 478 g/mol. The molecule has 2 aromatic heterocycles. The molecule has 11 heteroatoms. The highest BCUT2D eigenvalue weighted by Gasteiger charge is 2.24. The van der Waals surface area contributed by atoms with Gasteiger partial charge in [0.15, 0.2) is 11.5 Å². The van der Waals surface area contributed by atoms with Gasteiger partial charge in [0.25, 0.3) is 0 Å². The molecule has 1 aliphatic heterocycles. The second-order valence-electron chi connectivity index (χ2n) is 9.05. The van der Waals surface area contributed by atoms with Crippen LogP contribution < -0.4 is 11.1 Å². The van der Waals surface area contributed by atoms with E-state index in [4.69, 9.17) is 11.0 Å². The fourth-order valence-electron chi connectivity index (χ4n) is 4.71. The number of nitriles is 1. The lowest BCUT2D eigenvalue weighted by atomic mass is 10.0. The average Bonchev–Trinajstić information content (AvgIpc) is 3.47. The molecule has 0 bridgehead atoms. The number of aromatic nitrogens is 4. The average molecular weight is 503 g/mol. The summed E-state index contributed by atoms with van der Waals surface area (Å²) in [6, 6.07) is 12.8. The number of hydrogen-bond acceptors (Lipinski definition) is 7. The molecule has 37 heavy (non-hydrogen) atoms. The summed E-state index contributed by atoms with van der Waals surface area (Å²) in [6.07, 6.45) is 0.963. The standard InChI is InChI=1S/C26H24F2N8O/c1-15(37)31-18-8-9-35(14-18)13-17-5-3-7-21(27)20(17)10-23-33-24-11-22(32-26(30)36(24)34-23)19-6-2-4-16(12-29)25(19)28/h2-7,11,18H,8-10,13-14H2,1H3,(H2,30,32)(H,31,37)/t18-/m0/s1. The summed E-state index contributed by atoms with van der Waals surface area (Å²) in [5, 5.41) is 16.5. The second kappa shape index (κ2) is 9.91. The Kier molecular flexibility index (Phi) is 6.50. The number of nitrogens with zero attached hydrogens (tertiary/aromatic N) is 6. The van der Waals surface area contributed by atoms with Gasteiger partial charge in [-0.15, -0.1) is 5.10 Å². The van der Waals surface area contributed by atoms with Crippen molar-refractivity contribution in [2.24, 2.45) is 0 Å². The number of hydrogen-bond donors (Lipinski definition) is 2. The van der Waals surface area contributed by atoms with E-state index < -0.39 is 5.82 Å². The van der Waals surface area contributed by atoms with Gasteiger partial charge in [-0.05, 0) is 35.7 Å². The largest absolute Gasteiger partial charge is 0.368 e. The second-order valence-corrected chi connectivity index (χ2v) is 9.05. The van der Waals surface area contributed by atoms with Crippen LogP contribution in [0.5, 0.6) is 0 Å². The Morgan fingerprint density at radius 1 is 1.24 bits per heavy atom. The van der Waals surface area contributed by atoms with Gasteiger partial charge < -0.3 is 11.1 Å². The van der Waals surface area contributed by atoms with Crippen LogP contribution in [0.3, 0.4) is 0 Å². The maximum atomic E-state index is 15.0. The molecule has 0 spiro atoms. The van der Waals surface area contributed by atoms with Crippen LogP contribution in [0.4, 0.5) is 14.7 Å². The van der Waals surface area contributed by atoms with Crippen molar-refractivity contribution in [3.63, 3.8) is 0 Å². The Balaban J connectivity index is 1.42. The fourth-order valence-corrected chi connectivity index (χ4v) is 4.71. The highest BCUT2D eigenvalue weighted by Crippen LogP contribution is 2.26. The minimum absolute atomic E-state index is 0.0113. The van der Waals surface area contributed by atoms with Crippen molar-refractivity contribution in [3.05, 3.63) is 76.6 Å². The highest BCUT2D eigenvalue weighted by atomic mass is 19.1. The van der Waals surface area contributed by atoms with Crippen molar-refractivity contribution in [2.45, 2.75) is 32.4 Å². The molecule has 0 radical (unpaired) electrons. The molecule has 188 valence electrons. The van der Waals surface area contributed by atoms with Crippen LogP contribution in [0.15, 0.2) is 42.5 Å². The third-order valence-corrected chi connectivity index (χ3v) is 6.41. The van der Waals surface area contributed by atoms with Crippen LogP contribution in [0.2, 0.25) is 0 Å². The molecule has 2 aromatic carbocycles. The Morgan fingerprint density at radius 2 is 2.05 bits per heavy atom. The number of carbonyl (C=O) groups is 1. The van der Waals surface area contributed by atoms with Gasteiger partial charge in [-0.25, -0.2) is 18.7 Å². The van der Waals surface area contributed by atoms with Crippen LogP contribution in [0.25, 0.3) is 16.9 Å². The monoisotopic (exact) mass is 502 g/mol. The molecular formula is C26H24F2N8O. The van der Waals surface area contributed by atoms with E-state index in [1.807, 2.05) is 12.1 Å². The summed E-state index contributed by atoms with van der Waals surface area (Å²) in [4.78, 5) is 22.3. The molecule has 1 saturated heterocycles. The van der Waals surface area contributed by atoms with Crippen molar-refractivity contribution in [1.29, 1.82) is 5.26 Å². The number of rotatable bonds is 6. The van der Waals surface area contributed by atoms with Gasteiger partial charge in [0.05, 0.1) is 11.3 Å². The maximum Gasteiger partial charge on any atom is 0.223 e. The lowest BCUT2D eigenvalue weighted by molar-refractivity contribution is -0.119. The van der Waals surface area contributed by atoms with Crippen molar-refractivity contribution < 1.29 is 13.6 Å². The third-order valence-electron chi connectivity index (χ3n) is 6.41. The summed E-state index contributed by atoms with van der Waals surface area (Å²) in [7, 11) is 0. The number of nitrogen functional groups attached to an aromatic ring is 1. The van der Waals surface area contributed by atoms with E-state index in [9.17, 15) is 13.6 Å². The zero-order chi connectivity index (χ0) is 26.1. The number of halogens is 2. The summed E-state index contributed by atoms with van der Waals surface area (Å²) >= 11 is 0. The number of anilines is 1. The summed E-state index contributed by atoms with van der Waals surface area (Å²) in [5.74, 6) is -0.798. The van der Waals surface area contributed by atoms with Gasteiger partial charge in [-0.1, -0.05) is 18.2 Å². The topological polar surface area (TPSA) is 125 Å². The SMILES string of the molecule is CC(=O)N[C@H]1CCN(Cc2cccc(F)c2Cc2nc3cc(-c4cccc(C#N)c4F)nc(N)n3n2)C1. The number of benzene rings is 2. The lowest BCUT2D eigenvalue weighted by Crippen LogP contribution is -2.35. The van der Waals surface area contributed by atoms with Gasteiger partial charge in [0.2, 0.25) is 11.9 Å². The normalized spacial score (nSPS) is 15.7. The summed E-state index contributed by atoms with van der Waals surface area (Å²) in [6.45, 7) is 3.51. The first-order chi connectivity index (χ1) is 17.8. The molecule has 1 amide bonds. The Labute approximate surface area is 211 Å². The molecule has 5 rings (SSSR count). The van der Waals surface area contributed by atoms with E-state index in [0.29, 0.717) is 30.1 Å². The Bertz CT molecular complexity index is 1540. The van der Waals surface area contributed by atoms with E-state index in [0.717, 1.165) is 18.5 Å². The molecule has 3 heterocycles. The smallest absolute Gasteiger partial charge is 0.223 e. The quantitative estimate of drug-likeness (QED) is 0.415. The first-order valence-corrected chi connectivity index (χ1v) is 11.8. The Hall–Kier alpha value is -4.43. The number of nitrogens with two attached hydrogens (primary N) is 1. The number of likely N-dealkylation sites (tertiary alicyclic amines) is 1. The lowest BCUT2D eigenvalue weighted by Gasteiger charge is -2.18. The van der Waals surface area contributed by atoms with Gasteiger partial charge in [0.1, 0.15) is 17.7 Å². The van der Waals surface area contributed by atoms with Gasteiger partial charge >= 0.3 is 0 Å². The molecule has 1 fully saturated rings. The predicted molar refractivity (Wildman–Crippen MR) is 132 cm³/mol. The summed E-state index contributed by atoms with van der Waals surface area (Å²) < 4.78 is 31.0. The van der Waals surface area contributed by atoms with Crippen LogP contribution in [-0.2, 0) is 17.8 Å². The van der Waals surface area contributed by atoms with Crippen LogP contribution >= 0.6 is 0 Å². The van der Waals surface area contributed by atoms with Crippen molar-refractivity contribution >= 4 is 17.5 Å². The molecule has 4 aromatic rings. The molecule has 0 saturated carbocycles. The first-order valence-electron chi connectivity index (χ1n) is 11.8. The van der Waals surface area contributed by atoms with Crippen molar-refractivity contribution in [1.82, 2.24) is 29.8 Å². The minimum Gasteiger partial charge on any atom is -0.368 e. The summed E-state index contributed by atoms with van der Waals surface area (Å²) in [5.41, 5.74) is 7.94. The zero-order valence-corrected chi connectivity index (χ0v) is 20.1. The molecule has 1 atom stereocenters. The van der Waals surface area contributed by atoms with Crippen molar-refractivity contribution in [2.75, 3.05) is 18.8 Å². The van der Waals surface area contributed by atoms with Crippen molar-refractivity contribution in [3.8, 4) is 17.3 Å². The van der Waals surface area contributed by atoms with Crippen LogP contribution in [0, 0.1) is 23.0 Å². The van der Waals surface area contributed by atoms with E-state index in [1.165, 1.54) is 35.7 Å². The van der Waals surface area contributed by atoms with E-state index >= 15 is 0 Å². The predicted octanol–water partition coefficient (Wildman–Crippen LogP) is 2.82. The highest BCUT2D eigenvalue weighted by molar-refractivity contribution is 5.73.